The van der Waals surface area contributed by atoms with E-state index in [0.29, 0.717) is 18.8 Å². The first-order valence-corrected chi connectivity index (χ1v) is 12.6. The number of furan rings is 1. The molecule has 0 radical (unpaired) electrons. The van der Waals surface area contributed by atoms with Crippen LogP contribution < -0.4 is 4.90 Å². The molecule has 3 aromatic rings. The molecule has 2 saturated heterocycles. The number of nitrogens with zero attached hydrogens (tertiary/aromatic N) is 3. The number of ether oxygens (including phenoxy) is 1. The van der Waals surface area contributed by atoms with Gasteiger partial charge in [0.1, 0.15) is 5.82 Å². The van der Waals surface area contributed by atoms with E-state index in [1.807, 2.05) is 4.90 Å². The summed E-state index contributed by atoms with van der Waals surface area (Å²) in [5, 5.41) is 1.10. The van der Waals surface area contributed by atoms with Crippen LogP contribution >= 0.6 is 11.8 Å². The Hall–Kier alpha value is -2.51. The number of pyridine rings is 1. The van der Waals surface area contributed by atoms with Gasteiger partial charge in [-0.25, -0.2) is 4.98 Å². The van der Waals surface area contributed by atoms with Crippen molar-refractivity contribution in [3.8, 4) is 0 Å². The Morgan fingerprint density at radius 1 is 1.22 bits per heavy atom. The summed E-state index contributed by atoms with van der Waals surface area (Å²) < 4.78 is 11.3. The van der Waals surface area contributed by atoms with Gasteiger partial charge in [0.2, 0.25) is 0 Å². The van der Waals surface area contributed by atoms with Crippen molar-refractivity contribution >= 4 is 34.4 Å². The van der Waals surface area contributed by atoms with Crippen LogP contribution in [-0.2, 0) is 11.3 Å². The molecule has 2 aliphatic rings. The summed E-state index contributed by atoms with van der Waals surface area (Å²) >= 11 is 1.73. The van der Waals surface area contributed by atoms with Crippen LogP contribution in [0.5, 0.6) is 0 Å². The molecule has 2 aromatic heterocycles. The zero-order chi connectivity index (χ0) is 21.9. The van der Waals surface area contributed by atoms with Crippen LogP contribution in [0.3, 0.4) is 0 Å². The number of aromatic nitrogens is 1. The van der Waals surface area contributed by atoms with Gasteiger partial charge in [0.25, 0.3) is 5.91 Å². The summed E-state index contributed by atoms with van der Waals surface area (Å²) in [7, 11) is 0. The monoisotopic (exact) mass is 451 g/mol. The van der Waals surface area contributed by atoms with E-state index in [2.05, 4.69) is 35.4 Å². The number of carbonyl (C=O) groups excluding carboxylic acids is 1. The van der Waals surface area contributed by atoms with Crippen molar-refractivity contribution in [2.24, 2.45) is 0 Å². The van der Waals surface area contributed by atoms with Crippen LogP contribution in [0.1, 0.15) is 41.8 Å². The lowest BCUT2D eigenvalue weighted by Gasteiger charge is -2.28. The first-order valence-electron chi connectivity index (χ1n) is 11.4. The van der Waals surface area contributed by atoms with Crippen molar-refractivity contribution in [1.29, 1.82) is 0 Å². The molecule has 2 fully saturated rings. The molecule has 32 heavy (non-hydrogen) atoms. The maximum Gasteiger partial charge on any atom is 0.289 e. The topological polar surface area (TPSA) is 58.8 Å². The van der Waals surface area contributed by atoms with Crippen LogP contribution in [0.15, 0.2) is 52.0 Å². The highest BCUT2D eigenvalue weighted by Gasteiger charge is 2.27. The van der Waals surface area contributed by atoms with Gasteiger partial charge in [0, 0.05) is 48.6 Å². The Morgan fingerprint density at radius 2 is 2.09 bits per heavy atom. The number of hydrogen-bond acceptors (Lipinski definition) is 6. The third-order valence-electron chi connectivity index (χ3n) is 6.31. The first kappa shape index (κ1) is 21.3. The summed E-state index contributed by atoms with van der Waals surface area (Å²) in [6.07, 6.45) is 8.08. The Balaban J connectivity index is 1.52. The minimum atomic E-state index is -0.101. The molecule has 0 N–H and O–H groups in total. The van der Waals surface area contributed by atoms with Gasteiger partial charge in [0.15, 0.2) is 5.76 Å². The number of hydrogen-bond donors (Lipinski definition) is 0. The predicted octanol–water partition coefficient (Wildman–Crippen LogP) is 4.97. The van der Waals surface area contributed by atoms with E-state index in [0.717, 1.165) is 54.8 Å². The van der Waals surface area contributed by atoms with Gasteiger partial charge in [-0.1, -0.05) is 6.07 Å². The zero-order valence-corrected chi connectivity index (χ0v) is 19.3. The highest BCUT2D eigenvalue weighted by atomic mass is 32.2. The largest absolute Gasteiger partial charge is 0.459 e. The average molecular weight is 452 g/mol. The molecule has 5 rings (SSSR count). The molecule has 4 heterocycles. The third-order valence-corrected chi connectivity index (χ3v) is 7.04. The Kier molecular flexibility index (Phi) is 6.37. The Labute approximate surface area is 192 Å². The van der Waals surface area contributed by atoms with E-state index in [-0.39, 0.29) is 12.0 Å². The zero-order valence-electron chi connectivity index (χ0n) is 18.5. The van der Waals surface area contributed by atoms with E-state index in [9.17, 15) is 4.79 Å². The van der Waals surface area contributed by atoms with Crippen molar-refractivity contribution < 1.29 is 13.9 Å². The lowest BCUT2D eigenvalue weighted by Crippen LogP contribution is -2.37. The Bertz CT molecular complexity index is 1070. The van der Waals surface area contributed by atoms with E-state index in [1.165, 1.54) is 17.7 Å². The van der Waals surface area contributed by atoms with Gasteiger partial charge < -0.3 is 19.0 Å². The minimum Gasteiger partial charge on any atom is -0.459 e. The summed E-state index contributed by atoms with van der Waals surface area (Å²) in [6.45, 7) is 3.82. The molecule has 1 amide bonds. The molecule has 1 atom stereocenters. The summed E-state index contributed by atoms with van der Waals surface area (Å²) in [4.78, 5) is 23.8. The number of rotatable bonds is 7. The van der Waals surface area contributed by atoms with Gasteiger partial charge >= 0.3 is 0 Å². The third kappa shape index (κ3) is 4.50. The fraction of sp³-hybridized carbons (Fsp3) is 0.440. The molecule has 1 aromatic carbocycles. The van der Waals surface area contributed by atoms with Gasteiger partial charge in [-0.15, -0.1) is 11.8 Å². The van der Waals surface area contributed by atoms with Crippen molar-refractivity contribution in [3.63, 3.8) is 0 Å². The van der Waals surface area contributed by atoms with Crippen LogP contribution in [0.25, 0.3) is 10.9 Å². The maximum atomic E-state index is 13.3. The highest BCUT2D eigenvalue weighted by Crippen LogP contribution is 2.30. The molecule has 0 aliphatic carbocycles. The second-order valence-corrected chi connectivity index (χ2v) is 9.40. The molecule has 2 aliphatic heterocycles. The number of carbonyl (C=O) groups is 1. The number of amides is 1. The normalized spacial score (nSPS) is 18.5. The fourth-order valence-corrected chi connectivity index (χ4v) is 5.08. The van der Waals surface area contributed by atoms with E-state index < -0.39 is 0 Å². The van der Waals surface area contributed by atoms with Gasteiger partial charge in [-0.05, 0) is 62.3 Å². The number of anilines is 1. The number of thioether (sulfide) groups is 1. The van der Waals surface area contributed by atoms with Crippen LogP contribution in [-0.4, -0.2) is 54.4 Å². The van der Waals surface area contributed by atoms with E-state index >= 15 is 0 Å². The van der Waals surface area contributed by atoms with Gasteiger partial charge in [-0.2, -0.15) is 0 Å². The molecule has 6 nitrogen and oxygen atoms in total. The molecular formula is C25H29N3O3S. The highest BCUT2D eigenvalue weighted by molar-refractivity contribution is 7.98. The van der Waals surface area contributed by atoms with Crippen molar-refractivity contribution in [3.05, 3.63) is 54.0 Å². The van der Waals surface area contributed by atoms with Gasteiger partial charge in [-0.3, -0.25) is 4.79 Å². The molecule has 0 spiro atoms. The van der Waals surface area contributed by atoms with E-state index in [4.69, 9.17) is 14.1 Å². The molecule has 1 unspecified atom stereocenters. The van der Waals surface area contributed by atoms with Gasteiger partial charge in [0.05, 0.1) is 17.9 Å². The molecule has 168 valence electrons. The van der Waals surface area contributed by atoms with Crippen LogP contribution in [0.4, 0.5) is 5.82 Å². The van der Waals surface area contributed by atoms with E-state index in [1.54, 1.807) is 30.2 Å². The fourth-order valence-electron chi connectivity index (χ4n) is 4.64. The molecule has 7 heteroatoms. The quantitative estimate of drug-likeness (QED) is 0.473. The summed E-state index contributed by atoms with van der Waals surface area (Å²) in [5.41, 5.74) is 2.08. The second-order valence-electron chi connectivity index (χ2n) is 8.52. The lowest BCUT2D eigenvalue weighted by atomic mass is 10.1. The smallest absolute Gasteiger partial charge is 0.289 e. The van der Waals surface area contributed by atoms with Crippen molar-refractivity contribution in [2.45, 2.75) is 43.2 Å². The summed E-state index contributed by atoms with van der Waals surface area (Å²) in [5.74, 6) is 1.26. The van der Waals surface area contributed by atoms with Crippen LogP contribution in [0.2, 0.25) is 0 Å². The molecule has 0 bridgehead atoms. The number of fused-ring (bicyclic) bond motifs is 1. The Morgan fingerprint density at radius 3 is 2.81 bits per heavy atom. The minimum absolute atomic E-state index is 0.0710. The predicted molar refractivity (Wildman–Crippen MR) is 127 cm³/mol. The average Bonchev–Trinajstić information content (AvgIpc) is 3.61. The maximum absolute atomic E-state index is 13.3. The van der Waals surface area contributed by atoms with Crippen molar-refractivity contribution in [2.75, 3.05) is 37.4 Å². The van der Waals surface area contributed by atoms with Crippen molar-refractivity contribution in [1.82, 2.24) is 9.88 Å². The second kappa shape index (κ2) is 9.55. The number of benzene rings is 1. The molecular weight excluding hydrogens is 422 g/mol. The molecule has 0 saturated carbocycles. The summed E-state index contributed by atoms with van der Waals surface area (Å²) in [6, 6.07) is 12.1. The lowest BCUT2D eigenvalue weighted by molar-refractivity contribution is 0.0484. The standard InChI is InChI=1S/C25H29N3O3S/c1-32-21-9-8-18-14-19(24(26-22(18)15-21)27-10-2-3-11-27)16-28(17-20-6-4-12-30-20)25(29)23-7-5-13-31-23/h5,7-9,13-15,20H,2-4,6,10-12,16-17H2,1H3. The first-order chi connectivity index (χ1) is 15.7. The SMILES string of the molecule is CSc1ccc2cc(CN(CC3CCCO3)C(=O)c3ccco3)c(N3CCCC3)nc2c1. The van der Waals surface area contributed by atoms with Crippen LogP contribution in [0, 0.1) is 0 Å².